The van der Waals surface area contributed by atoms with Gasteiger partial charge < -0.3 is 4.74 Å². The number of rotatable bonds is 4. The fourth-order valence-corrected chi connectivity index (χ4v) is 1.78. The van der Waals surface area contributed by atoms with Gasteiger partial charge in [0.25, 0.3) is 0 Å². The molecule has 0 spiro atoms. The molecule has 2 rings (SSSR count). The maximum Gasteiger partial charge on any atom is 0.138 e. The number of hydrogen-bond acceptors (Lipinski definition) is 3. The molecule has 1 aromatic heterocycles. The van der Waals surface area contributed by atoms with Gasteiger partial charge in [-0.25, -0.2) is 0 Å². The van der Waals surface area contributed by atoms with Gasteiger partial charge >= 0.3 is 0 Å². The van der Waals surface area contributed by atoms with E-state index >= 15 is 0 Å². The second-order valence-corrected chi connectivity index (χ2v) is 4.25. The van der Waals surface area contributed by atoms with Gasteiger partial charge in [0.15, 0.2) is 0 Å². The molecule has 0 N–H and O–H groups in total. The van der Waals surface area contributed by atoms with Crippen molar-refractivity contribution >= 4 is 23.2 Å². The Kier molecular flexibility index (Phi) is 3.86. The van der Waals surface area contributed by atoms with Crippen molar-refractivity contribution in [2.45, 2.75) is 12.5 Å². The van der Waals surface area contributed by atoms with Crippen LogP contribution in [-0.2, 0) is 19.5 Å². The number of hydrogen-bond donors (Lipinski definition) is 0. The number of benzene rings is 1. The van der Waals surface area contributed by atoms with Gasteiger partial charge in [0.1, 0.15) is 18.1 Å². The Morgan fingerprint density at radius 1 is 1.41 bits per heavy atom. The summed E-state index contributed by atoms with van der Waals surface area (Å²) in [5, 5.41) is 8.28. The number of ether oxygens (including phenoxy) is 1. The second-order valence-electron chi connectivity index (χ2n) is 3.57. The van der Waals surface area contributed by atoms with Gasteiger partial charge in [0.05, 0.1) is 11.2 Å². The summed E-state index contributed by atoms with van der Waals surface area (Å²) in [6, 6.07) is 5.47. The summed E-state index contributed by atoms with van der Waals surface area (Å²) in [6.45, 7) is 0.341. The molecule has 0 saturated carbocycles. The van der Waals surface area contributed by atoms with Crippen molar-refractivity contribution in [1.29, 1.82) is 0 Å². The molecular formula is C11H11Cl2N3O. The first kappa shape index (κ1) is 12.2. The molecule has 0 amide bonds. The van der Waals surface area contributed by atoms with Crippen LogP contribution in [0.25, 0.3) is 0 Å². The van der Waals surface area contributed by atoms with Crippen LogP contribution in [0.4, 0.5) is 0 Å². The van der Waals surface area contributed by atoms with Crippen LogP contribution in [0.5, 0.6) is 5.75 Å². The molecule has 6 heteroatoms. The van der Waals surface area contributed by atoms with Gasteiger partial charge in [-0.1, -0.05) is 22.9 Å². The van der Waals surface area contributed by atoms with Gasteiger partial charge in [-0.05, 0) is 17.7 Å². The van der Waals surface area contributed by atoms with Crippen LogP contribution in [-0.4, -0.2) is 15.0 Å². The highest BCUT2D eigenvalue weighted by molar-refractivity contribution is 6.32. The minimum Gasteiger partial charge on any atom is -0.486 e. The zero-order valence-corrected chi connectivity index (χ0v) is 10.7. The topological polar surface area (TPSA) is 39.9 Å². The van der Waals surface area contributed by atoms with E-state index in [9.17, 15) is 0 Å². The first-order chi connectivity index (χ1) is 8.19. The van der Waals surface area contributed by atoms with Crippen molar-refractivity contribution in [3.8, 4) is 5.75 Å². The number of aryl methyl sites for hydroxylation is 1. The van der Waals surface area contributed by atoms with E-state index in [1.165, 1.54) is 0 Å². The van der Waals surface area contributed by atoms with E-state index in [-0.39, 0.29) is 0 Å². The molecule has 0 unspecified atom stereocenters. The van der Waals surface area contributed by atoms with E-state index < -0.39 is 0 Å². The third-order valence-electron chi connectivity index (χ3n) is 2.18. The van der Waals surface area contributed by atoms with Crippen LogP contribution < -0.4 is 4.74 Å². The Morgan fingerprint density at radius 3 is 2.82 bits per heavy atom. The van der Waals surface area contributed by atoms with Crippen molar-refractivity contribution < 1.29 is 4.74 Å². The predicted molar refractivity (Wildman–Crippen MR) is 66.3 cm³/mol. The van der Waals surface area contributed by atoms with Gasteiger partial charge in [0.2, 0.25) is 0 Å². The van der Waals surface area contributed by atoms with E-state index in [1.54, 1.807) is 30.1 Å². The molecule has 0 aliphatic carbocycles. The van der Waals surface area contributed by atoms with Crippen molar-refractivity contribution in [2.24, 2.45) is 7.05 Å². The monoisotopic (exact) mass is 271 g/mol. The van der Waals surface area contributed by atoms with Crippen molar-refractivity contribution in [2.75, 3.05) is 0 Å². The first-order valence-electron chi connectivity index (χ1n) is 5.01. The molecule has 17 heavy (non-hydrogen) atoms. The third kappa shape index (κ3) is 3.11. The smallest absolute Gasteiger partial charge is 0.138 e. The molecule has 2 aromatic rings. The summed E-state index contributed by atoms with van der Waals surface area (Å²) in [5.74, 6) is 1.05. The van der Waals surface area contributed by atoms with Gasteiger partial charge in [0, 0.05) is 12.9 Å². The molecule has 1 heterocycles. The van der Waals surface area contributed by atoms with Gasteiger partial charge in [-0.15, -0.1) is 16.7 Å². The summed E-state index contributed by atoms with van der Waals surface area (Å²) in [5.41, 5.74) is 1.72. The Labute approximate surface area is 109 Å². The Balaban J connectivity index is 2.04. The Hall–Kier alpha value is -1.26. The zero-order valence-electron chi connectivity index (χ0n) is 9.23. The molecule has 0 aliphatic heterocycles. The van der Waals surface area contributed by atoms with Crippen molar-refractivity contribution in [3.63, 3.8) is 0 Å². The molecule has 0 aliphatic rings. The second kappa shape index (κ2) is 5.38. The van der Waals surface area contributed by atoms with E-state index in [0.717, 1.165) is 11.3 Å². The predicted octanol–water partition coefficient (Wildman–Crippen LogP) is 2.79. The highest BCUT2D eigenvalue weighted by Crippen LogP contribution is 2.26. The van der Waals surface area contributed by atoms with E-state index in [1.807, 2.05) is 6.07 Å². The quantitative estimate of drug-likeness (QED) is 0.803. The molecule has 90 valence electrons. The first-order valence-corrected chi connectivity index (χ1v) is 5.92. The molecule has 4 nitrogen and oxygen atoms in total. The lowest BCUT2D eigenvalue weighted by Gasteiger charge is -2.07. The largest absolute Gasteiger partial charge is 0.486 e. The number of alkyl halides is 1. The lowest BCUT2D eigenvalue weighted by molar-refractivity contribution is 0.301. The third-order valence-corrected chi connectivity index (χ3v) is 2.78. The van der Waals surface area contributed by atoms with Crippen LogP contribution >= 0.6 is 23.2 Å². The normalized spacial score (nSPS) is 10.5. The molecule has 0 saturated heterocycles. The van der Waals surface area contributed by atoms with Crippen LogP contribution in [0, 0.1) is 0 Å². The number of nitrogens with zero attached hydrogens (tertiary/aromatic N) is 3. The maximum atomic E-state index is 6.05. The number of aromatic nitrogens is 3. The highest BCUT2D eigenvalue weighted by Gasteiger charge is 2.05. The van der Waals surface area contributed by atoms with Crippen LogP contribution in [0.15, 0.2) is 24.4 Å². The molecule has 1 aromatic carbocycles. The van der Waals surface area contributed by atoms with Crippen molar-refractivity contribution in [1.82, 2.24) is 15.0 Å². The summed E-state index contributed by atoms with van der Waals surface area (Å²) in [6.07, 6.45) is 1.79. The average Bonchev–Trinajstić information content (AvgIpc) is 2.73. The lowest BCUT2D eigenvalue weighted by Crippen LogP contribution is -1.96. The SMILES string of the molecule is Cn1cc(COc2ccc(CCl)cc2Cl)nn1. The van der Waals surface area contributed by atoms with Gasteiger partial charge in [-0.2, -0.15) is 0 Å². The maximum absolute atomic E-state index is 6.05. The summed E-state index contributed by atoms with van der Waals surface area (Å²) in [7, 11) is 1.80. The summed E-state index contributed by atoms with van der Waals surface area (Å²) < 4.78 is 7.17. The number of halogens is 2. The van der Waals surface area contributed by atoms with Crippen LogP contribution in [0.2, 0.25) is 5.02 Å². The van der Waals surface area contributed by atoms with E-state index in [4.69, 9.17) is 27.9 Å². The minimum absolute atomic E-state index is 0.341. The zero-order chi connectivity index (χ0) is 12.3. The molecule has 0 bridgehead atoms. The van der Waals surface area contributed by atoms with Crippen LogP contribution in [0.3, 0.4) is 0 Å². The lowest BCUT2D eigenvalue weighted by atomic mass is 10.2. The summed E-state index contributed by atoms with van der Waals surface area (Å²) in [4.78, 5) is 0. The summed E-state index contributed by atoms with van der Waals surface area (Å²) >= 11 is 11.8. The molecule has 0 atom stereocenters. The standard InChI is InChI=1S/C11H11Cl2N3O/c1-16-6-9(14-15-16)7-17-11-3-2-8(5-12)4-10(11)13/h2-4,6H,5,7H2,1H3. The Bertz CT molecular complexity index is 513. The van der Waals surface area contributed by atoms with E-state index in [2.05, 4.69) is 10.3 Å². The fourth-order valence-electron chi connectivity index (χ4n) is 1.36. The molecular weight excluding hydrogens is 261 g/mol. The average molecular weight is 272 g/mol. The van der Waals surface area contributed by atoms with Gasteiger partial charge in [-0.3, -0.25) is 4.68 Å². The minimum atomic E-state index is 0.341. The Morgan fingerprint density at radius 2 is 2.24 bits per heavy atom. The molecule has 0 radical (unpaired) electrons. The molecule has 0 fully saturated rings. The highest BCUT2D eigenvalue weighted by atomic mass is 35.5. The van der Waals surface area contributed by atoms with Crippen molar-refractivity contribution in [3.05, 3.63) is 40.7 Å². The van der Waals surface area contributed by atoms with Crippen LogP contribution in [0.1, 0.15) is 11.3 Å². The fraction of sp³-hybridized carbons (Fsp3) is 0.273. The van der Waals surface area contributed by atoms with E-state index in [0.29, 0.717) is 23.3 Å².